The molecule has 0 N–H and O–H groups in total. The fraction of sp³-hybridized carbons (Fsp3) is 0.895. The highest BCUT2D eigenvalue weighted by molar-refractivity contribution is 5.27. The average Bonchev–Trinajstić information content (AvgIpc) is 2.54. The fourth-order valence-electron chi connectivity index (χ4n) is 5.64. The summed E-state index contributed by atoms with van der Waals surface area (Å²) in [7, 11) is 0. The minimum atomic E-state index is 0.628. The van der Waals surface area contributed by atoms with Crippen molar-refractivity contribution in [3.8, 4) is 0 Å². The van der Waals surface area contributed by atoms with E-state index in [0.29, 0.717) is 10.8 Å². The van der Waals surface area contributed by atoms with Crippen LogP contribution in [0.5, 0.6) is 0 Å². The van der Waals surface area contributed by atoms with Gasteiger partial charge in [-0.15, -0.1) is 0 Å². The van der Waals surface area contributed by atoms with Crippen molar-refractivity contribution in [2.24, 2.45) is 10.8 Å². The lowest BCUT2D eigenvalue weighted by Crippen LogP contribution is -2.28. The van der Waals surface area contributed by atoms with Crippen molar-refractivity contribution in [3.05, 3.63) is 11.1 Å². The third-order valence-electron chi connectivity index (χ3n) is 7.09. The summed E-state index contributed by atoms with van der Waals surface area (Å²) >= 11 is 0. The van der Waals surface area contributed by atoms with E-state index in [4.69, 9.17) is 0 Å². The van der Waals surface area contributed by atoms with Crippen LogP contribution in [-0.2, 0) is 0 Å². The molecule has 19 heavy (non-hydrogen) atoms. The maximum Gasteiger partial charge on any atom is -0.00880 e. The van der Waals surface area contributed by atoms with Gasteiger partial charge in [0, 0.05) is 0 Å². The molecule has 2 fully saturated rings. The summed E-state index contributed by atoms with van der Waals surface area (Å²) in [6.45, 7) is 5.03. The Morgan fingerprint density at radius 3 is 1.16 bits per heavy atom. The molecule has 0 amide bonds. The van der Waals surface area contributed by atoms with Gasteiger partial charge in [-0.2, -0.15) is 0 Å². The summed E-state index contributed by atoms with van der Waals surface area (Å²) in [6, 6.07) is 0. The Balaban J connectivity index is 1.94. The van der Waals surface area contributed by atoms with Gasteiger partial charge in [-0.05, 0) is 63.2 Å². The van der Waals surface area contributed by atoms with E-state index in [1.807, 2.05) is 11.1 Å². The van der Waals surface area contributed by atoms with Gasteiger partial charge in [0.25, 0.3) is 0 Å². The van der Waals surface area contributed by atoms with E-state index in [1.165, 1.54) is 83.5 Å². The quantitative estimate of drug-likeness (QED) is 0.442. The van der Waals surface area contributed by atoms with Crippen LogP contribution in [-0.4, -0.2) is 0 Å². The van der Waals surface area contributed by atoms with Crippen molar-refractivity contribution in [2.45, 2.75) is 97.3 Å². The number of rotatable bonds is 0. The molecule has 0 atom stereocenters. The van der Waals surface area contributed by atoms with Gasteiger partial charge in [0.1, 0.15) is 0 Å². The summed E-state index contributed by atoms with van der Waals surface area (Å²) < 4.78 is 0. The highest BCUT2D eigenvalue weighted by Gasteiger charge is 2.42. The molecule has 0 aromatic carbocycles. The van der Waals surface area contributed by atoms with Crippen LogP contribution in [0.4, 0.5) is 0 Å². The number of hydrogen-bond acceptors (Lipinski definition) is 0. The lowest BCUT2D eigenvalue weighted by Gasteiger charge is -2.42. The second kappa shape index (κ2) is 5.26. The van der Waals surface area contributed by atoms with E-state index < -0.39 is 0 Å². The normalized spacial score (nSPS) is 30.6. The third kappa shape index (κ3) is 2.30. The Labute approximate surface area is 120 Å². The molecule has 2 saturated carbocycles. The first-order valence-electron chi connectivity index (χ1n) is 8.87. The molecule has 0 aromatic heterocycles. The maximum atomic E-state index is 2.52. The van der Waals surface area contributed by atoms with E-state index in [1.54, 1.807) is 0 Å². The average molecular weight is 260 g/mol. The van der Waals surface area contributed by atoms with Gasteiger partial charge in [0.15, 0.2) is 0 Å². The lowest BCUT2D eigenvalue weighted by atomic mass is 9.63. The topological polar surface area (TPSA) is 0 Å². The molecular formula is C19H32. The van der Waals surface area contributed by atoms with Gasteiger partial charge in [-0.1, -0.05) is 56.1 Å². The Morgan fingerprint density at radius 1 is 0.474 bits per heavy atom. The predicted molar refractivity (Wildman–Crippen MR) is 83.3 cm³/mol. The molecule has 2 spiro atoms. The van der Waals surface area contributed by atoms with Crippen LogP contribution in [0.2, 0.25) is 0 Å². The lowest BCUT2D eigenvalue weighted by molar-refractivity contribution is 0.205. The predicted octanol–water partition coefficient (Wildman–Crippen LogP) is 6.41. The van der Waals surface area contributed by atoms with Gasteiger partial charge >= 0.3 is 0 Å². The Hall–Kier alpha value is -0.260. The van der Waals surface area contributed by atoms with E-state index in [-0.39, 0.29) is 0 Å². The third-order valence-corrected chi connectivity index (χ3v) is 7.09. The standard InChI is InChI=1S/C19H32/c1-16-17(2)19(12-7-4-8-13-19)15-9-14-18(16)10-5-3-6-11-18/h3-15H2,1-2H3. The zero-order valence-electron chi connectivity index (χ0n) is 13.2. The van der Waals surface area contributed by atoms with Crippen LogP contribution in [0, 0.1) is 10.8 Å². The van der Waals surface area contributed by atoms with Crippen LogP contribution >= 0.6 is 0 Å². The first-order valence-corrected chi connectivity index (χ1v) is 8.87. The Bertz CT molecular complexity index is 314. The zero-order chi connectivity index (χ0) is 13.3. The molecule has 0 aliphatic heterocycles. The SMILES string of the molecule is CC1=C(C)C2(CCCCC2)CCCC12CCCCC2. The molecule has 3 aliphatic carbocycles. The van der Waals surface area contributed by atoms with Gasteiger partial charge < -0.3 is 0 Å². The van der Waals surface area contributed by atoms with Crippen molar-refractivity contribution in [2.75, 3.05) is 0 Å². The summed E-state index contributed by atoms with van der Waals surface area (Å²) in [5, 5.41) is 0. The molecule has 0 saturated heterocycles. The van der Waals surface area contributed by atoms with E-state index >= 15 is 0 Å². The minimum absolute atomic E-state index is 0.628. The van der Waals surface area contributed by atoms with Crippen LogP contribution in [0.25, 0.3) is 0 Å². The monoisotopic (exact) mass is 260 g/mol. The molecule has 0 heterocycles. The van der Waals surface area contributed by atoms with Gasteiger partial charge in [-0.25, -0.2) is 0 Å². The van der Waals surface area contributed by atoms with Crippen LogP contribution in [0.3, 0.4) is 0 Å². The van der Waals surface area contributed by atoms with Crippen LogP contribution in [0.1, 0.15) is 97.3 Å². The zero-order valence-corrected chi connectivity index (χ0v) is 13.2. The smallest absolute Gasteiger partial charge is 0.00880 e. The molecule has 3 aliphatic rings. The maximum absolute atomic E-state index is 2.52. The molecule has 0 heteroatoms. The van der Waals surface area contributed by atoms with Gasteiger partial charge in [0.05, 0.1) is 0 Å². The summed E-state index contributed by atoms with van der Waals surface area (Å²) in [5.74, 6) is 0. The van der Waals surface area contributed by atoms with E-state index in [2.05, 4.69) is 13.8 Å². The highest BCUT2D eigenvalue weighted by Crippen LogP contribution is 2.56. The first-order chi connectivity index (χ1) is 9.19. The highest BCUT2D eigenvalue weighted by atomic mass is 14.5. The largest absolute Gasteiger partial charge is 0.0676 e. The Kier molecular flexibility index (Phi) is 3.80. The Morgan fingerprint density at radius 2 is 0.789 bits per heavy atom. The minimum Gasteiger partial charge on any atom is -0.0676 e. The van der Waals surface area contributed by atoms with Crippen LogP contribution < -0.4 is 0 Å². The molecule has 108 valence electrons. The second-order valence-electron chi connectivity index (χ2n) is 7.79. The van der Waals surface area contributed by atoms with E-state index in [9.17, 15) is 0 Å². The van der Waals surface area contributed by atoms with Crippen molar-refractivity contribution < 1.29 is 0 Å². The van der Waals surface area contributed by atoms with Crippen LogP contribution in [0.15, 0.2) is 11.1 Å². The van der Waals surface area contributed by atoms with Crippen molar-refractivity contribution in [1.29, 1.82) is 0 Å². The summed E-state index contributed by atoms with van der Waals surface area (Å²) in [4.78, 5) is 0. The van der Waals surface area contributed by atoms with Gasteiger partial charge in [-0.3, -0.25) is 0 Å². The first kappa shape index (κ1) is 13.7. The second-order valence-corrected chi connectivity index (χ2v) is 7.79. The molecule has 0 bridgehead atoms. The van der Waals surface area contributed by atoms with E-state index in [0.717, 1.165) is 0 Å². The van der Waals surface area contributed by atoms with Gasteiger partial charge in [0.2, 0.25) is 0 Å². The number of hydrogen-bond donors (Lipinski definition) is 0. The summed E-state index contributed by atoms with van der Waals surface area (Å²) in [6.07, 6.45) is 19.4. The fourth-order valence-corrected chi connectivity index (χ4v) is 5.64. The van der Waals surface area contributed by atoms with Crippen molar-refractivity contribution in [3.63, 3.8) is 0 Å². The molecule has 0 nitrogen and oxygen atoms in total. The van der Waals surface area contributed by atoms with Crippen molar-refractivity contribution in [1.82, 2.24) is 0 Å². The molecule has 3 rings (SSSR count). The molecule has 0 aromatic rings. The summed E-state index contributed by atoms with van der Waals surface area (Å²) in [5.41, 5.74) is 4.94. The van der Waals surface area contributed by atoms with Crippen molar-refractivity contribution >= 4 is 0 Å². The molecule has 0 radical (unpaired) electrons. The number of allylic oxidation sites excluding steroid dienone is 2. The molecule has 0 unspecified atom stereocenters. The molecular weight excluding hydrogens is 228 g/mol.